The first-order valence-corrected chi connectivity index (χ1v) is 6.84. The van der Waals surface area contributed by atoms with E-state index in [1.807, 2.05) is 35.7 Å². The zero-order valence-corrected chi connectivity index (χ0v) is 11.5. The molecule has 0 fully saturated rings. The van der Waals surface area contributed by atoms with Gasteiger partial charge in [0.2, 0.25) is 5.91 Å². The van der Waals surface area contributed by atoms with Crippen LogP contribution in [-0.4, -0.2) is 11.0 Å². The van der Waals surface area contributed by atoms with Crippen molar-refractivity contribution >= 4 is 28.6 Å². The van der Waals surface area contributed by atoms with Gasteiger partial charge in [0, 0.05) is 17.5 Å². The Kier molecular flexibility index (Phi) is 4.54. The molecule has 100 valence electrons. The normalized spacial score (nSPS) is 10.2. The number of hydrogen-bond acceptors (Lipinski definition) is 4. The molecular weight excluding hydrogens is 260 g/mol. The summed E-state index contributed by atoms with van der Waals surface area (Å²) in [6.07, 6.45) is 0. The summed E-state index contributed by atoms with van der Waals surface area (Å²) in [6.45, 7) is 2.17. The van der Waals surface area contributed by atoms with Crippen molar-refractivity contribution in [1.82, 2.24) is 0 Å². The number of thiophene rings is 1. The highest BCUT2D eigenvalue weighted by Crippen LogP contribution is 2.23. The number of benzene rings is 1. The van der Waals surface area contributed by atoms with Crippen molar-refractivity contribution in [3.63, 3.8) is 0 Å². The predicted molar refractivity (Wildman–Crippen MR) is 78.3 cm³/mol. The fourth-order valence-electron chi connectivity index (χ4n) is 1.74. The van der Waals surface area contributed by atoms with Crippen LogP contribution in [0.25, 0.3) is 0 Å². The summed E-state index contributed by atoms with van der Waals surface area (Å²) >= 11 is 1.59. The van der Waals surface area contributed by atoms with Crippen molar-refractivity contribution in [2.45, 2.75) is 20.1 Å². The Bertz CT molecular complexity index is 566. The molecule has 0 unspecified atom stereocenters. The van der Waals surface area contributed by atoms with Crippen LogP contribution in [0.4, 0.5) is 11.4 Å². The predicted octanol–water partition coefficient (Wildman–Crippen LogP) is 2.81. The van der Waals surface area contributed by atoms with E-state index in [-0.39, 0.29) is 12.5 Å². The highest BCUT2D eigenvalue weighted by atomic mass is 32.1. The maximum atomic E-state index is 11.1. The van der Waals surface area contributed by atoms with Crippen molar-refractivity contribution < 1.29 is 9.90 Å². The smallest absolute Gasteiger partial charge is 0.221 e. The molecule has 1 aromatic heterocycles. The molecule has 19 heavy (non-hydrogen) atoms. The number of aliphatic hydroxyl groups excluding tert-OH is 1. The van der Waals surface area contributed by atoms with Crippen molar-refractivity contribution in [2.24, 2.45) is 0 Å². The van der Waals surface area contributed by atoms with E-state index in [0.717, 1.165) is 21.8 Å². The van der Waals surface area contributed by atoms with E-state index >= 15 is 0 Å². The lowest BCUT2D eigenvalue weighted by Crippen LogP contribution is -2.08. The number of carbonyl (C=O) groups excluding carboxylic acids is 1. The second-order valence-electron chi connectivity index (χ2n) is 4.15. The third-order valence-corrected chi connectivity index (χ3v) is 3.54. The maximum Gasteiger partial charge on any atom is 0.221 e. The molecule has 3 N–H and O–H groups in total. The van der Waals surface area contributed by atoms with Crippen LogP contribution in [-0.2, 0) is 17.9 Å². The third kappa shape index (κ3) is 3.81. The van der Waals surface area contributed by atoms with Gasteiger partial charge in [-0.1, -0.05) is 12.1 Å². The van der Waals surface area contributed by atoms with E-state index in [1.54, 1.807) is 11.3 Å². The van der Waals surface area contributed by atoms with Gasteiger partial charge < -0.3 is 15.7 Å². The zero-order chi connectivity index (χ0) is 13.7. The number of amides is 1. The molecule has 0 aliphatic rings. The van der Waals surface area contributed by atoms with Gasteiger partial charge in [0.05, 0.1) is 18.8 Å². The van der Waals surface area contributed by atoms with Gasteiger partial charge in [-0.2, -0.15) is 0 Å². The molecule has 0 radical (unpaired) electrons. The monoisotopic (exact) mass is 276 g/mol. The lowest BCUT2D eigenvalue weighted by molar-refractivity contribution is -0.114. The summed E-state index contributed by atoms with van der Waals surface area (Å²) in [6, 6.07) is 9.53. The number of hydrogen-bond donors (Lipinski definition) is 3. The van der Waals surface area contributed by atoms with Gasteiger partial charge in [-0.15, -0.1) is 11.3 Å². The first-order valence-electron chi connectivity index (χ1n) is 5.96. The first-order chi connectivity index (χ1) is 9.19. The number of rotatable bonds is 5. The van der Waals surface area contributed by atoms with Crippen LogP contribution in [0.15, 0.2) is 35.7 Å². The van der Waals surface area contributed by atoms with Crippen LogP contribution in [0.5, 0.6) is 0 Å². The minimum absolute atomic E-state index is 0.0334. The number of anilines is 2. The molecule has 0 bridgehead atoms. The van der Waals surface area contributed by atoms with Gasteiger partial charge in [0.25, 0.3) is 0 Å². The minimum atomic E-state index is -0.0677. The van der Waals surface area contributed by atoms with E-state index in [4.69, 9.17) is 5.11 Å². The molecule has 5 heteroatoms. The summed E-state index contributed by atoms with van der Waals surface area (Å²) in [5.41, 5.74) is 2.68. The molecule has 4 nitrogen and oxygen atoms in total. The van der Waals surface area contributed by atoms with Crippen molar-refractivity contribution in [2.75, 3.05) is 10.6 Å². The highest BCUT2D eigenvalue weighted by molar-refractivity contribution is 7.10. The fraction of sp³-hybridized carbons (Fsp3) is 0.214. The fourth-order valence-corrected chi connectivity index (χ4v) is 2.51. The maximum absolute atomic E-state index is 11.1. The summed E-state index contributed by atoms with van der Waals surface area (Å²) in [5, 5.41) is 17.1. The summed E-state index contributed by atoms with van der Waals surface area (Å²) < 4.78 is 0. The summed E-state index contributed by atoms with van der Waals surface area (Å²) in [4.78, 5) is 12.1. The summed E-state index contributed by atoms with van der Waals surface area (Å²) in [7, 11) is 0. The van der Waals surface area contributed by atoms with E-state index < -0.39 is 0 Å². The second-order valence-corrected chi connectivity index (χ2v) is 5.15. The topological polar surface area (TPSA) is 61.4 Å². The Morgan fingerprint density at radius 2 is 2.21 bits per heavy atom. The molecule has 0 aliphatic carbocycles. The number of aliphatic hydroxyl groups is 1. The molecule has 1 aromatic carbocycles. The van der Waals surface area contributed by atoms with Gasteiger partial charge in [-0.3, -0.25) is 4.79 Å². The molecule has 0 aliphatic heterocycles. The molecule has 0 saturated carbocycles. The summed E-state index contributed by atoms with van der Waals surface area (Å²) in [5.74, 6) is -0.0677. The molecule has 1 amide bonds. The van der Waals surface area contributed by atoms with E-state index in [1.165, 1.54) is 6.92 Å². The van der Waals surface area contributed by atoms with Crippen molar-refractivity contribution in [3.8, 4) is 0 Å². The molecule has 1 heterocycles. The average Bonchev–Trinajstić information content (AvgIpc) is 2.83. The minimum Gasteiger partial charge on any atom is -0.392 e. The van der Waals surface area contributed by atoms with Crippen LogP contribution >= 0.6 is 11.3 Å². The zero-order valence-electron chi connectivity index (χ0n) is 10.6. The average molecular weight is 276 g/mol. The largest absolute Gasteiger partial charge is 0.392 e. The van der Waals surface area contributed by atoms with Gasteiger partial charge in [-0.05, 0) is 29.1 Å². The van der Waals surface area contributed by atoms with Crippen LogP contribution in [0, 0.1) is 0 Å². The Morgan fingerprint density at radius 1 is 1.37 bits per heavy atom. The van der Waals surface area contributed by atoms with Gasteiger partial charge in [-0.25, -0.2) is 0 Å². The van der Waals surface area contributed by atoms with E-state index in [2.05, 4.69) is 10.6 Å². The standard InChI is InChI=1S/C14H16N2O2S/c1-10(18)16-13-5-6-19-14(13)8-15-12-4-2-3-11(7-12)9-17/h2-7,15,17H,8-9H2,1H3,(H,16,18). The number of carbonyl (C=O) groups is 1. The molecule has 2 rings (SSSR count). The van der Waals surface area contributed by atoms with Crippen LogP contribution in [0.1, 0.15) is 17.4 Å². The van der Waals surface area contributed by atoms with E-state index in [9.17, 15) is 4.79 Å². The van der Waals surface area contributed by atoms with Crippen LogP contribution < -0.4 is 10.6 Å². The Hall–Kier alpha value is -1.85. The van der Waals surface area contributed by atoms with Gasteiger partial charge >= 0.3 is 0 Å². The van der Waals surface area contributed by atoms with Gasteiger partial charge in [0.1, 0.15) is 0 Å². The number of nitrogens with one attached hydrogen (secondary N) is 2. The van der Waals surface area contributed by atoms with Crippen LogP contribution in [0.2, 0.25) is 0 Å². The Morgan fingerprint density at radius 3 is 2.95 bits per heavy atom. The highest BCUT2D eigenvalue weighted by Gasteiger charge is 2.05. The SMILES string of the molecule is CC(=O)Nc1ccsc1CNc1cccc(CO)c1. The molecule has 0 atom stereocenters. The second kappa shape index (κ2) is 6.36. The molecule has 2 aromatic rings. The molecule has 0 spiro atoms. The quantitative estimate of drug-likeness (QED) is 0.787. The van der Waals surface area contributed by atoms with E-state index in [0.29, 0.717) is 6.54 Å². The Labute approximate surface area is 116 Å². The molecule has 0 saturated heterocycles. The van der Waals surface area contributed by atoms with Crippen molar-refractivity contribution in [1.29, 1.82) is 0 Å². The van der Waals surface area contributed by atoms with Crippen molar-refractivity contribution in [3.05, 3.63) is 46.2 Å². The van der Waals surface area contributed by atoms with Gasteiger partial charge in [0.15, 0.2) is 0 Å². The first kappa shape index (κ1) is 13.6. The third-order valence-electron chi connectivity index (χ3n) is 2.62. The molecular formula is C14H16N2O2S. The van der Waals surface area contributed by atoms with Crippen LogP contribution in [0.3, 0.4) is 0 Å². The Balaban J connectivity index is 2.02. The lowest BCUT2D eigenvalue weighted by atomic mass is 10.2. The lowest BCUT2D eigenvalue weighted by Gasteiger charge is -2.08.